The lowest BCUT2D eigenvalue weighted by molar-refractivity contribution is 0.331. The molecule has 0 amide bonds. The molecule has 1 fully saturated rings. The van der Waals surface area contributed by atoms with Crippen molar-refractivity contribution in [2.75, 3.05) is 18.4 Å². The van der Waals surface area contributed by atoms with Crippen molar-refractivity contribution < 1.29 is 0 Å². The van der Waals surface area contributed by atoms with E-state index >= 15 is 0 Å². The molecule has 1 aliphatic heterocycles. The molecule has 1 aliphatic rings. The number of benzene rings is 1. The van der Waals surface area contributed by atoms with Crippen LogP contribution in [0.15, 0.2) is 36.7 Å². The molecule has 3 rings (SSSR count). The molecule has 0 saturated carbocycles. The minimum absolute atomic E-state index is 0.819. The van der Waals surface area contributed by atoms with Gasteiger partial charge in [-0.15, -0.1) is 0 Å². The van der Waals surface area contributed by atoms with Crippen molar-refractivity contribution in [1.29, 1.82) is 0 Å². The van der Waals surface area contributed by atoms with Crippen molar-refractivity contribution in [3.8, 4) is 0 Å². The first kappa shape index (κ1) is 13.2. The number of nitrogens with zero attached hydrogens (tertiary/aromatic N) is 3. The summed E-state index contributed by atoms with van der Waals surface area (Å²) in [5.74, 6) is 0. The molecule has 1 N–H and O–H groups in total. The molecule has 1 aromatic heterocycles. The summed E-state index contributed by atoms with van der Waals surface area (Å²) in [4.78, 5) is 2.53. The third kappa shape index (κ3) is 3.39. The first-order valence-corrected chi connectivity index (χ1v) is 7.32. The van der Waals surface area contributed by atoms with E-state index in [-0.39, 0.29) is 0 Å². The number of aromatic nitrogens is 2. The van der Waals surface area contributed by atoms with Gasteiger partial charge in [0.25, 0.3) is 0 Å². The Bertz CT molecular complexity index is 538. The molecule has 4 nitrogen and oxygen atoms in total. The highest BCUT2D eigenvalue weighted by Gasteiger charge is 2.11. The summed E-state index contributed by atoms with van der Waals surface area (Å²) in [7, 11) is 1.94. The molecule has 0 radical (unpaired) electrons. The van der Waals surface area contributed by atoms with E-state index < -0.39 is 0 Å². The lowest BCUT2D eigenvalue weighted by Gasteiger charge is -2.14. The first-order chi connectivity index (χ1) is 9.79. The van der Waals surface area contributed by atoms with Crippen molar-refractivity contribution in [1.82, 2.24) is 14.7 Å². The second kappa shape index (κ2) is 6.09. The topological polar surface area (TPSA) is 33.1 Å². The summed E-state index contributed by atoms with van der Waals surface area (Å²) in [6, 6.07) is 8.79. The van der Waals surface area contributed by atoms with Crippen LogP contribution in [0.3, 0.4) is 0 Å². The number of nitrogens with one attached hydrogen (secondary N) is 1. The fourth-order valence-electron chi connectivity index (χ4n) is 2.69. The molecule has 1 aromatic carbocycles. The van der Waals surface area contributed by atoms with E-state index in [1.807, 2.05) is 24.1 Å². The van der Waals surface area contributed by atoms with Crippen molar-refractivity contribution in [2.24, 2.45) is 7.05 Å². The third-order valence-corrected chi connectivity index (χ3v) is 3.81. The quantitative estimate of drug-likeness (QED) is 0.906. The zero-order valence-corrected chi connectivity index (χ0v) is 12.0. The molecule has 0 atom stereocenters. The highest BCUT2D eigenvalue weighted by molar-refractivity contribution is 5.45. The lowest BCUT2D eigenvalue weighted by Crippen LogP contribution is -2.18. The van der Waals surface area contributed by atoms with Crippen LogP contribution in [0.4, 0.5) is 5.69 Å². The molecule has 0 spiro atoms. The summed E-state index contributed by atoms with van der Waals surface area (Å²) in [6.45, 7) is 4.41. The van der Waals surface area contributed by atoms with Gasteiger partial charge in [0.05, 0.1) is 6.20 Å². The predicted molar refractivity (Wildman–Crippen MR) is 81.5 cm³/mol. The van der Waals surface area contributed by atoms with Gasteiger partial charge in [-0.25, -0.2) is 0 Å². The van der Waals surface area contributed by atoms with Crippen molar-refractivity contribution in [3.63, 3.8) is 0 Å². The third-order valence-electron chi connectivity index (χ3n) is 3.81. The van der Waals surface area contributed by atoms with Gasteiger partial charge in [0.15, 0.2) is 0 Å². The normalized spacial score (nSPS) is 15.7. The van der Waals surface area contributed by atoms with Gasteiger partial charge in [0.1, 0.15) is 0 Å². The van der Waals surface area contributed by atoms with Gasteiger partial charge in [0, 0.05) is 37.6 Å². The average Bonchev–Trinajstić information content (AvgIpc) is 3.10. The highest BCUT2D eigenvalue weighted by atomic mass is 15.2. The summed E-state index contributed by atoms with van der Waals surface area (Å²) in [6.07, 6.45) is 6.64. The SMILES string of the molecule is Cn1cc(CNc2ccc(CN3CCCC3)cc2)cn1. The molecular weight excluding hydrogens is 248 g/mol. The Labute approximate surface area is 120 Å². The maximum atomic E-state index is 4.17. The van der Waals surface area contributed by atoms with Crippen LogP contribution in [0, 0.1) is 0 Å². The zero-order valence-electron chi connectivity index (χ0n) is 12.0. The number of anilines is 1. The van der Waals surface area contributed by atoms with Crippen LogP contribution in [-0.2, 0) is 20.1 Å². The Morgan fingerprint density at radius 2 is 1.85 bits per heavy atom. The van der Waals surface area contributed by atoms with Crippen LogP contribution in [0.5, 0.6) is 0 Å². The largest absolute Gasteiger partial charge is 0.381 e. The molecular formula is C16H22N4. The molecule has 0 bridgehead atoms. The van der Waals surface area contributed by atoms with Crippen LogP contribution in [-0.4, -0.2) is 27.8 Å². The maximum absolute atomic E-state index is 4.17. The summed E-state index contributed by atoms with van der Waals surface area (Å²) in [5, 5.41) is 7.60. The van der Waals surface area contributed by atoms with Crippen LogP contribution in [0.2, 0.25) is 0 Å². The number of hydrogen-bond donors (Lipinski definition) is 1. The van der Waals surface area contributed by atoms with E-state index in [2.05, 4.69) is 39.6 Å². The minimum atomic E-state index is 0.819. The highest BCUT2D eigenvalue weighted by Crippen LogP contribution is 2.15. The Kier molecular flexibility index (Phi) is 4.02. The summed E-state index contributed by atoms with van der Waals surface area (Å²) >= 11 is 0. The van der Waals surface area contributed by atoms with Gasteiger partial charge in [-0.3, -0.25) is 9.58 Å². The summed E-state index contributed by atoms with van der Waals surface area (Å²) in [5.41, 5.74) is 3.77. The minimum Gasteiger partial charge on any atom is -0.381 e. The van der Waals surface area contributed by atoms with Crippen molar-refractivity contribution in [3.05, 3.63) is 47.8 Å². The summed E-state index contributed by atoms with van der Waals surface area (Å²) < 4.78 is 1.83. The standard InChI is InChI=1S/C16H22N4/c1-19-12-15(11-18-19)10-17-16-6-4-14(5-7-16)13-20-8-2-3-9-20/h4-7,11-12,17H,2-3,8-10,13H2,1H3. The molecule has 4 heteroatoms. The molecule has 2 aromatic rings. The maximum Gasteiger partial charge on any atom is 0.0539 e. The predicted octanol–water partition coefficient (Wildman–Crippen LogP) is 2.63. The van der Waals surface area contributed by atoms with Crippen LogP contribution in [0.25, 0.3) is 0 Å². The van der Waals surface area contributed by atoms with Gasteiger partial charge in [-0.1, -0.05) is 12.1 Å². The monoisotopic (exact) mass is 270 g/mol. The fraction of sp³-hybridized carbons (Fsp3) is 0.438. The number of rotatable bonds is 5. The van der Waals surface area contributed by atoms with Gasteiger partial charge in [-0.2, -0.15) is 5.10 Å². The van der Waals surface area contributed by atoms with Crippen LogP contribution >= 0.6 is 0 Å². The Balaban J connectivity index is 1.52. The second-order valence-electron chi connectivity index (χ2n) is 5.56. The van der Waals surface area contributed by atoms with Crippen molar-refractivity contribution in [2.45, 2.75) is 25.9 Å². The van der Waals surface area contributed by atoms with Crippen LogP contribution in [0.1, 0.15) is 24.0 Å². The van der Waals surface area contributed by atoms with E-state index in [4.69, 9.17) is 0 Å². The zero-order chi connectivity index (χ0) is 13.8. The average molecular weight is 270 g/mol. The van der Waals surface area contributed by atoms with E-state index in [0.29, 0.717) is 0 Å². The van der Waals surface area contributed by atoms with Gasteiger partial charge in [-0.05, 0) is 43.6 Å². The van der Waals surface area contributed by atoms with Gasteiger partial charge < -0.3 is 5.32 Å². The smallest absolute Gasteiger partial charge is 0.0539 e. The molecule has 2 heterocycles. The van der Waals surface area contributed by atoms with E-state index in [9.17, 15) is 0 Å². The first-order valence-electron chi connectivity index (χ1n) is 7.32. The van der Waals surface area contributed by atoms with Gasteiger partial charge >= 0.3 is 0 Å². The second-order valence-corrected chi connectivity index (χ2v) is 5.56. The van der Waals surface area contributed by atoms with E-state index in [0.717, 1.165) is 13.1 Å². The fourth-order valence-corrected chi connectivity index (χ4v) is 2.69. The molecule has 20 heavy (non-hydrogen) atoms. The number of hydrogen-bond acceptors (Lipinski definition) is 3. The van der Waals surface area contributed by atoms with E-state index in [1.54, 1.807) is 0 Å². The molecule has 1 saturated heterocycles. The van der Waals surface area contributed by atoms with E-state index in [1.165, 1.54) is 42.7 Å². The Morgan fingerprint density at radius 3 is 2.50 bits per heavy atom. The number of likely N-dealkylation sites (tertiary alicyclic amines) is 1. The van der Waals surface area contributed by atoms with Gasteiger partial charge in [0.2, 0.25) is 0 Å². The molecule has 106 valence electrons. The number of aryl methyl sites for hydroxylation is 1. The molecule has 0 unspecified atom stereocenters. The Hall–Kier alpha value is -1.81. The van der Waals surface area contributed by atoms with Crippen LogP contribution < -0.4 is 5.32 Å². The van der Waals surface area contributed by atoms with Crippen molar-refractivity contribution >= 4 is 5.69 Å². The lowest BCUT2D eigenvalue weighted by atomic mass is 10.2. The molecule has 0 aliphatic carbocycles. The Morgan fingerprint density at radius 1 is 1.10 bits per heavy atom.